The van der Waals surface area contributed by atoms with Crippen LogP contribution in [0.2, 0.25) is 0 Å². The molecule has 0 bridgehead atoms. The molecule has 218 valence electrons. The first kappa shape index (κ1) is 29.6. The largest absolute Gasteiger partial charge is 0.467 e. The molecular formula is C29H38N8O4. The number of methoxy groups -OCH3 is 1. The second-order valence-electron chi connectivity index (χ2n) is 10.3. The Labute approximate surface area is 239 Å². The first-order valence-corrected chi connectivity index (χ1v) is 14.0. The van der Waals surface area contributed by atoms with Crippen molar-refractivity contribution in [1.29, 1.82) is 0 Å². The maximum Gasteiger partial charge on any atom is 0.316 e. The first-order valence-electron chi connectivity index (χ1n) is 14.0. The molecule has 0 radical (unpaired) electrons. The van der Waals surface area contributed by atoms with E-state index in [1.54, 1.807) is 16.5 Å². The molecule has 2 aromatic heterocycles. The van der Waals surface area contributed by atoms with Gasteiger partial charge in [0, 0.05) is 31.9 Å². The molecule has 1 aliphatic rings. The van der Waals surface area contributed by atoms with E-state index in [0.717, 1.165) is 5.56 Å². The second kappa shape index (κ2) is 13.8. The van der Waals surface area contributed by atoms with Gasteiger partial charge in [-0.05, 0) is 31.2 Å². The molecule has 3 atom stereocenters. The summed E-state index contributed by atoms with van der Waals surface area (Å²) >= 11 is 0. The second-order valence-corrected chi connectivity index (χ2v) is 10.3. The molecule has 0 spiro atoms. The van der Waals surface area contributed by atoms with Gasteiger partial charge in [-0.15, -0.1) is 0 Å². The van der Waals surface area contributed by atoms with Gasteiger partial charge in [0.1, 0.15) is 17.7 Å². The predicted octanol–water partition coefficient (Wildman–Crippen LogP) is 2.25. The fourth-order valence-corrected chi connectivity index (χ4v) is 4.84. The van der Waals surface area contributed by atoms with Gasteiger partial charge in [-0.25, -0.2) is 19.6 Å². The minimum absolute atomic E-state index is 0.0861. The summed E-state index contributed by atoms with van der Waals surface area (Å²) in [6.45, 7) is 6.72. The molecule has 2 N–H and O–H groups in total. The number of aromatic nitrogens is 5. The van der Waals surface area contributed by atoms with Crippen LogP contribution in [0.3, 0.4) is 0 Å². The standard InChI is InChI=1S/C29H38N8O4/c1-5-19(2)25-27(39)33-23(16-21-10-7-6-8-11-21)26-32-20(3)35-37(26)15-14-36(13-9-12-24(38)34-25)28(40)22-17-30-29(41-4)31-18-22/h6-8,10-11,17-19,23,25H,5,9,12-16H2,1-4H3,(H,33,39)(H,34,38)/t19-,23-,25-/m0/s1. The zero-order valence-corrected chi connectivity index (χ0v) is 24.0. The fraction of sp³-hybridized carbons (Fsp3) is 0.483. The van der Waals surface area contributed by atoms with E-state index in [-0.39, 0.29) is 36.1 Å². The number of hydrogen-bond acceptors (Lipinski definition) is 8. The molecule has 1 aromatic carbocycles. The Bertz CT molecular complexity index is 1330. The monoisotopic (exact) mass is 562 g/mol. The third kappa shape index (κ3) is 7.65. The molecule has 3 heterocycles. The third-order valence-electron chi connectivity index (χ3n) is 7.29. The van der Waals surface area contributed by atoms with Crippen molar-refractivity contribution in [2.75, 3.05) is 20.2 Å². The van der Waals surface area contributed by atoms with Gasteiger partial charge in [0.2, 0.25) is 11.8 Å². The van der Waals surface area contributed by atoms with Crippen LogP contribution in [0.1, 0.15) is 66.7 Å². The summed E-state index contributed by atoms with van der Waals surface area (Å²) in [7, 11) is 1.46. The van der Waals surface area contributed by atoms with Crippen LogP contribution in [-0.4, -0.2) is 73.6 Å². The van der Waals surface area contributed by atoms with Gasteiger partial charge in [0.25, 0.3) is 5.91 Å². The molecule has 0 fully saturated rings. The molecule has 12 heteroatoms. The lowest BCUT2D eigenvalue weighted by atomic mass is 9.97. The van der Waals surface area contributed by atoms with E-state index < -0.39 is 12.1 Å². The number of benzene rings is 1. The Hall–Kier alpha value is -4.35. The lowest BCUT2D eigenvalue weighted by molar-refractivity contribution is -0.130. The van der Waals surface area contributed by atoms with Crippen molar-refractivity contribution in [3.63, 3.8) is 0 Å². The Morgan fingerprint density at radius 3 is 2.51 bits per heavy atom. The van der Waals surface area contributed by atoms with Crippen molar-refractivity contribution in [1.82, 2.24) is 40.3 Å². The first-order chi connectivity index (χ1) is 19.8. The Morgan fingerprint density at radius 2 is 1.83 bits per heavy atom. The van der Waals surface area contributed by atoms with Crippen LogP contribution in [0, 0.1) is 12.8 Å². The van der Waals surface area contributed by atoms with Gasteiger partial charge in [-0.3, -0.25) is 14.4 Å². The molecular weight excluding hydrogens is 524 g/mol. The number of hydrogen-bond donors (Lipinski definition) is 2. The number of fused-ring (bicyclic) bond motifs is 1. The average molecular weight is 563 g/mol. The average Bonchev–Trinajstić information content (AvgIpc) is 3.36. The molecule has 3 amide bonds. The van der Waals surface area contributed by atoms with Crippen molar-refractivity contribution in [2.24, 2.45) is 5.92 Å². The normalized spacial score (nSPS) is 19.4. The van der Waals surface area contributed by atoms with E-state index in [2.05, 4.69) is 25.7 Å². The molecule has 0 saturated carbocycles. The zero-order valence-electron chi connectivity index (χ0n) is 24.0. The van der Waals surface area contributed by atoms with Gasteiger partial charge in [-0.1, -0.05) is 50.6 Å². The summed E-state index contributed by atoms with van der Waals surface area (Å²) in [5, 5.41) is 10.7. The van der Waals surface area contributed by atoms with Crippen molar-refractivity contribution in [3.8, 4) is 6.01 Å². The summed E-state index contributed by atoms with van der Waals surface area (Å²) in [6.07, 6.45) is 4.65. The van der Waals surface area contributed by atoms with E-state index >= 15 is 0 Å². The van der Waals surface area contributed by atoms with Gasteiger partial charge < -0.3 is 20.3 Å². The summed E-state index contributed by atoms with van der Waals surface area (Å²) in [5.41, 5.74) is 1.34. The number of nitrogens with zero attached hydrogens (tertiary/aromatic N) is 6. The lowest BCUT2D eigenvalue weighted by Crippen LogP contribution is -2.51. The smallest absolute Gasteiger partial charge is 0.316 e. The minimum Gasteiger partial charge on any atom is -0.467 e. The Morgan fingerprint density at radius 1 is 1.10 bits per heavy atom. The molecule has 1 aliphatic heterocycles. The van der Waals surface area contributed by atoms with E-state index in [0.29, 0.717) is 56.1 Å². The van der Waals surface area contributed by atoms with Gasteiger partial charge in [0.05, 0.1) is 25.3 Å². The molecule has 0 saturated heterocycles. The van der Waals surface area contributed by atoms with Crippen molar-refractivity contribution in [2.45, 2.75) is 65.1 Å². The highest BCUT2D eigenvalue weighted by molar-refractivity contribution is 5.93. The zero-order chi connectivity index (χ0) is 29.4. The summed E-state index contributed by atoms with van der Waals surface area (Å²) in [4.78, 5) is 54.6. The van der Waals surface area contributed by atoms with Crippen LogP contribution in [0.15, 0.2) is 42.7 Å². The number of aryl methyl sites for hydroxylation is 1. The van der Waals surface area contributed by atoms with E-state index in [1.165, 1.54) is 19.5 Å². The molecule has 3 aromatic rings. The number of rotatable bonds is 6. The quantitative estimate of drug-likeness (QED) is 0.466. The molecule has 12 nitrogen and oxygen atoms in total. The number of carbonyl (C=O) groups is 3. The van der Waals surface area contributed by atoms with Crippen molar-refractivity contribution < 1.29 is 19.1 Å². The number of nitrogens with one attached hydrogen (secondary N) is 2. The number of carbonyl (C=O) groups excluding carboxylic acids is 3. The van der Waals surface area contributed by atoms with Gasteiger partial charge in [0.15, 0.2) is 0 Å². The van der Waals surface area contributed by atoms with Crippen LogP contribution in [0.4, 0.5) is 0 Å². The van der Waals surface area contributed by atoms with Crippen molar-refractivity contribution >= 4 is 17.7 Å². The summed E-state index contributed by atoms with van der Waals surface area (Å²) in [6, 6.07) is 8.79. The number of ether oxygens (including phenoxy) is 1. The van der Waals surface area contributed by atoms with Crippen LogP contribution >= 0.6 is 0 Å². The van der Waals surface area contributed by atoms with Crippen LogP contribution in [0.5, 0.6) is 6.01 Å². The topological polar surface area (TPSA) is 144 Å². The molecule has 4 rings (SSSR count). The fourth-order valence-electron chi connectivity index (χ4n) is 4.84. The van der Waals surface area contributed by atoms with Crippen LogP contribution in [0.25, 0.3) is 0 Å². The van der Waals surface area contributed by atoms with E-state index in [9.17, 15) is 14.4 Å². The van der Waals surface area contributed by atoms with Gasteiger partial charge >= 0.3 is 6.01 Å². The minimum atomic E-state index is -0.708. The van der Waals surface area contributed by atoms with Gasteiger partial charge in [-0.2, -0.15) is 5.10 Å². The maximum absolute atomic E-state index is 13.6. The maximum atomic E-state index is 13.6. The predicted molar refractivity (Wildman–Crippen MR) is 151 cm³/mol. The van der Waals surface area contributed by atoms with Crippen LogP contribution in [-0.2, 0) is 22.6 Å². The Kier molecular flexibility index (Phi) is 9.99. The highest BCUT2D eigenvalue weighted by Gasteiger charge is 2.31. The third-order valence-corrected chi connectivity index (χ3v) is 7.29. The molecule has 0 aliphatic carbocycles. The lowest BCUT2D eigenvalue weighted by Gasteiger charge is -2.28. The number of amides is 3. The molecule has 41 heavy (non-hydrogen) atoms. The highest BCUT2D eigenvalue weighted by Crippen LogP contribution is 2.20. The van der Waals surface area contributed by atoms with Crippen molar-refractivity contribution in [3.05, 3.63) is 65.5 Å². The summed E-state index contributed by atoms with van der Waals surface area (Å²) in [5.74, 6) is 0.314. The van der Waals surface area contributed by atoms with E-state index in [1.807, 2.05) is 44.2 Å². The Balaban J connectivity index is 1.69. The highest BCUT2D eigenvalue weighted by atomic mass is 16.5. The van der Waals surface area contributed by atoms with E-state index in [4.69, 9.17) is 9.72 Å². The van der Waals surface area contributed by atoms with Crippen LogP contribution < -0.4 is 15.4 Å². The SMILES string of the molecule is CC[C@H](C)[C@@H]1NC(=O)CCCN(C(=O)c2cnc(OC)nc2)CCn2nc(C)nc2[C@H](Cc2ccccc2)NC1=O. The summed E-state index contributed by atoms with van der Waals surface area (Å²) < 4.78 is 6.78. The molecule has 0 unspecified atom stereocenters.